The van der Waals surface area contributed by atoms with E-state index in [0.717, 1.165) is 123 Å². The molecule has 0 aliphatic heterocycles. The van der Waals surface area contributed by atoms with Gasteiger partial charge in [-0.15, -0.1) is 0 Å². The van der Waals surface area contributed by atoms with E-state index in [4.69, 9.17) is 19.9 Å². The maximum Gasteiger partial charge on any atom is 0.160 e. The molecule has 0 unspecified atom stereocenters. The summed E-state index contributed by atoms with van der Waals surface area (Å²) in [4.78, 5) is 21.2. The normalized spacial score (nSPS) is 11.8. The van der Waals surface area contributed by atoms with Crippen molar-refractivity contribution in [1.82, 2.24) is 38.2 Å². The van der Waals surface area contributed by atoms with Crippen LogP contribution in [0.3, 0.4) is 0 Å². The quantitative estimate of drug-likeness (QED) is 0.137. The van der Waals surface area contributed by atoms with E-state index in [0.29, 0.717) is 11.6 Å². The SMILES string of the molecule is c1ccc(-c2cc(-c3cc(-n4c5ccccc5c5cc6c7ccccc7n(-c7ccccc7)c6cc54)c4ccccc4c3)nc(-c3ccc4ccccc4c3)n2)cc1.c1ccc(-c2cc(-c3ccc4ccccc4c3)nc(-c3cc(-n4c5ccccc5c5cc6c7ccccc7n(-c7ccccc7)c6cc54)c4ccccc4c3)n2)cc1. The van der Waals surface area contributed by atoms with Gasteiger partial charge in [-0.25, -0.2) is 19.9 Å². The number of rotatable bonds is 10. The first kappa shape index (κ1) is 66.2. The summed E-state index contributed by atoms with van der Waals surface area (Å²) in [6.45, 7) is 0. The third kappa shape index (κ3) is 11.1. The maximum absolute atomic E-state index is 5.35. The van der Waals surface area contributed by atoms with E-state index >= 15 is 0 Å². The molecule has 0 saturated carbocycles. The Hall–Kier alpha value is -15.6. The van der Waals surface area contributed by atoms with Crippen LogP contribution in [-0.4, -0.2) is 38.2 Å². The number of para-hydroxylation sites is 6. The minimum Gasteiger partial charge on any atom is -0.309 e. The van der Waals surface area contributed by atoms with E-state index in [9.17, 15) is 0 Å². The van der Waals surface area contributed by atoms with Gasteiger partial charge in [0.25, 0.3) is 0 Å². The van der Waals surface area contributed by atoms with Crippen LogP contribution in [-0.2, 0) is 0 Å². The molecule has 0 fully saturated rings. The minimum absolute atomic E-state index is 0.684. The highest BCUT2D eigenvalue weighted by Crippen LogP contribution is 2.46. The van der Waals surface area contributed by atoms with Gasteiger partial charge in [-0.3, -0.25) is 0 Å². The number of hydrogen-bond donors (Lipinski definition) is 0. The summed E-state index contributed by atoms with van der Waals surface area (Å²) in [6.07, 6.45) is 0. The van der Waals surface area contributed by atoms with Gasteiger partial charge in [0.1, 0.15) is 0 Å². The molecule has 0 radical (unpaired) electrons. The molecule has 18 aromatic carbocycles. The summed E-state index contributed by atoms with van der Waals surface area (Å²) in [6, 6.07) is 148. The van der Waals surface area contributed by atoms with Gasteiger partial charge in [-0.2, -0.15) is 0 Å². The molecule has 8 nitrogen and oxygen atoms in total. The lowest BCUT2D eigenvalue weighted by Crippen LogP contribution is -2.00. The van der Waals surface area contributed by atoms with Crippen molar-refractivity contribution in [1.29, 1.82) is 0 Å². The largest absolute Gasteiger partial charge is 0.309 e. The number of aromatic nitrogens is 8. The lowest BCUT2D eigenvalue weighted by atomic mass is 10.0. The lowest BCUT2D eigenvalue weighted by Gasteiger charge is -2.16. The molecule has 0 aliphatic carbocycles. The smallest absolute Gasteiger partial charge is 0.160 e. The Balaban J connectivity index is 0.000000137. The maximum atomic E-state index is 5.35. The second-order valence-electron chi connectivity index (χ2n) is 30.1. The first-order valence-corrected chi connectivity index (χ1v) is 39.5. The minimum atomic E-state index is 0.684. The fourth-order valence-corrected chi connectivity index (χ4v) is 18.0. The summed E-state index contributed by atoms with van der Waals surface area (Å²) in [5.41, 5.74) is 23.5. The van der Waals surface area contributed by atoms with Crippen LogP contribution >= 0.6 is 0 Å². The summed E-state index contributed by atoms with van der Waals surface area (Å²) >= 11 is 0. The molecular formula is C108H68N8. The second kappa shape index (κ2) is 27.1. The molecule has 8 heteroatoms. The molecule has 0 bridgehead atoms. The van der Waals surface area contributed by atoms with Crippen LogP contribution in [0.4, 0.5) is 0 Å². The number of hydrogen-bond acceptors (Lipinski definition) is 4. The van der Waals surface area contributed by atoms with E-state index in [1.54, 1.807) is 0 Å². The molecule has 0 N–H and O–H groups in total. The topological polar surface area (TPSA) is 71.3 Å². The van der Waals surface area contributed by atoms with E-state index in [-0.39, 0.29) is 0 Å². The molecular weight excluding hydrogens is 1410 g/mol. The Bertz CT molecular complexity index is 7600. The van der Waals surface area contributed by atoms with Crippen LogP contribution in [0.1, 0.15) is 0 Å². The summed E-state index contributed by atoms with van der Waals surface area (Å²) < 4.78 is 9.72. The van der Waals surface area contributed by atoms with E-state index < -0.39 is 0 Å². The monoisotopic (exact) mass is 1480 g/mol. The molecule has 116 heavy (non-hydrogen) atoms. The van der Waals surface area contributed by atoms with E-state index in [1.807, 2.05) is 12.1 Å². The Morgan fingerprint density at radius 1 is 0.147 bits per heavy atom. The Kier molecular flexibility index (Phi) is 15.5. The summed E-state index contributed by atoms with van der Waals surface area (Å²) in [5, 5.41) is 19.2. The van der Waals surface area contributed by atoms with Crippen molar-refractivity contribution in [3.8, 4) is 90.6 Å². The van der Waals surface area contributed by atoms with Crippen LogP contribution < -0.4 is 0 Å². The molecule has 0 aliphatic rings. The van der Waals surface area contributed by atoms with Crippen LogP contribution in [0.15, 0.2) is 413 Å². The van der Waals surface area contributed by atoms with Crippen LogP contribution in [0.2, 0.25) is 0 Å². The third-order valence-electron chi connectivity index (χ3n) is 23.3. The number of fused-ring (bicyclic) bond motifs is 16. The zero-order chi connectivity index (χ0) is 76.3. The molecule has 540 valence electrons. The van der Waals surface area contributed by atoms with Crippen molar-refractivity contribution < 1.29 is 0 Å². The fourth-order valence-electron chi connectivity index (χ4n) is 18.0. The first-order chi connectivity index (χ1) is 57.5. The summed E-state index contributed by atoms with van der Waals surface area (Å²) in [7, 11) is 0. The van der Waals surface area contributed by atoms with Gasteiger partial charge in [0.05, 0.1) is 78.3 Å². The van der Waals surface area contributed by atoms with Crippen molar-refractivity contribution in [3.05, 3.63) is 413 Å². The van der Waals surface area contributed by atoms with Gasteiger partial charge in [-0.1, -0.05) is 291 Å². The highest BCUT2D eigenvalue weighted by Gasteiger charge is 2.25. The van der Waals surface area contributed by atoms with Crippen LogP contribution in [0, 0.1) is 0 Å². The molecule has 6 aromatic heterocycles. The summed E-state index contributed by atoms with van der Waals surface area (Å²) in [5.74, 6) is 1.38. The average molecular weight is 1480 g/mol. The van der Waals surface area contributed by atoms with Crippen LogP contribution in [0.25, 0.3) is 221 Å². The Morgan fingerprint density at radius 3 is 0.879 bits per heavy atom. The highest BCUT2D eigenvalue weighted by molar-refractivity contribution is 6.22. The zero-order valence-corrected chi connectivity index (χ0v) is 62.8. The molecule has 0 saturated heterocycles. The van der Waals surface area contributed by atoms with Crippen molar-refractivity contribution in [2.24, 2.45) is 0 Å². The average Bonchev–Trinajstić information content (AvgIpc) is 1.55. The predicted octanol–water partition coefficient (Wildman–Crippen LogP) is 28.0. The van der Waals surface area contributed by atoms with Gasteiger partial charge < -0.3 is 18.3 Å². The molecule has 24 rings (SSSR count). The lowest BCUT2D eigenvalue weighted by molar-refractivity contribution is 1.16. The molecule has 0 spiro atoms. The van der Waals surface area contributed by atoms with E-state index in [1.165, 1.54) is 86.7 Å². The first-order valence-electron chi connectivity index (χ1n) is 39.5. The van der Waals surface area contributed by atoms with Gasteiger partial charge in [0.15, 0.2) is 11.6 Å². The molecule has 6 heterocycles. The molecule has 24 aromatic rings. The van der Waals surface area contributed by atoms with Gasteiger partial charge >= 0.3 is 0 Å². The van der Waals surface area contributed by atoms with Gasteiger partial charge in [-0.05, 0) is 154 Å². The van der Waals surface area contributed by atoms with Crippen molar-refractivity contribution >= 4 is 130 Å². The van der Waals surface area contributed by atoms with E-state index in [2.05, 4.69) is 419 Å². The zero-order valence-electron chi connectivity index (χ0n) is 62.8. The predicted molar refractivity (Wildman–Crippen MR) is 484 cm³/mol. The Morgan fingerprint density at radius 2 is 0.440 bits per heavy atom. The van der Waals surface area contributed by atoms with Gasteiger partial charge in [0, 0.05) is 98.6 Å². The van der Waals surface area contributed by atoms with Crippen molar-refractivity contribution in [2.45, 2.75) is 0 Å². The van der Waals surface area contributed by atoms with Crippen molar-refractivity contribution in [2.75, 3.05) is 0 Å². The second-order valence-corrected chi connectivity index (χ2v) is 30.1. The fraction of sp³-hybridized carbons (Fsp3) is 0. The van der Waals surface area contributed by atoms with Crippen LogP contribution in [0.5, 0.6) is 0 Å². The van der Waals surface area contributed by atoms with Crippen molar-refractivity contribution in [3.63, 3.8) is 0 Å². The molecule has 0 amide bonds. The standard InChI is InChI=1S/2C54H34N4/c1-3-16-36(17-4-1)47-33-48(56-54(55-47)39-28-27-35-15-7-8-18-37(35)29-39)40-30-38-19-9-10-22-42(38)51(31-40)58-50-26-14-12-24-44(50)46-32-45-43-23-11-13-25-49(43)57(52(45)34-53(46)58)41-20-5-2-6-21-41;1-3-16-36(17-4-1)47-33-48(39-28-27-35-15-7-8-18-37(35)29-39)56-54(55-47)40-30-38-19-9-10-22-42(38)51(31-40)58-50-26-14-12-24-44(50)46-32-45-43-23-11-13-25-49(43)57(52(45)34-53(46)58)41-20-5-2-6-21-41/h2*1-34H. The number of benzene rings is 18. The highest BCUT2D eigenvalue weighted by atomic mass is 15.0. The molecule has 0 atom stereocenters. The Labute approximate surface area is 667 Å². The van der Waals surface area contributed by atoms with Gasteiger partial charge in [0.2, 0.25) is 0 Å². The third-order valence-corrected chi connectivity index (χ3v) is 23.3. The number of nitrogens with zero attached hydrogens (tertiary/aromatic N) is 8.